The highest BCUT2D eigenvalue weighted by atomic mass is 16.6. The molecule has 0 aromatic rings. The number of ether oxygens (including phenoxy) is 1. The standard InChI is InChI=1S/C10H20N2O3/c1-10(2,3)15-9(14)12-5-4-7(11)8(12)6-13/h7-8,13H,4-6,11H2,1-3H3. The van der Waals surface area contributed by atoms with E-state index in [2.05, 4.69) is 0 Å². The van der Waals surface area contributed by atoms with Crippen molar-refractivity contribution in [2.24, 2.45) is 5.73 Å². The molecule has 2 atom stereocenters. The largest absolute Gasteiger partial charge is 0.444 e. The molecule has 3 N–H and O–H groups in total. The first-order valence-electron chi connectivity index (χ1n) is 5.21. The van der Waals surface area contributed by atoms with Gasteiger partial charge >= 0.3 is 6.09 Å². The second kappa shape index (κ2) is 4.37. The summed E-state index contributed by atoms with van der Waals surface area (Å²) in [6, 6.07) is -0.456. The number of hydrogen-bond acceptors (Lipinski definition) is 4. The molecule has 1 saturated heterocycles. The molecule has 2 unspecified atom stereocenters. The molecule has 0 aromatic carbocycles. The van der Waals surface area contributed by atoms with Crippen LogP contribution in [-0.4, -0.2) is 46.9 Å². The molecule has 5 heteroatoms. The van der Waals surface area contributed by atoms with Crippen molar-refractivity contribution in [2.75, 3.05) is 13.2 Å². The fraction of sp³-hybridized carbons (Fsp3) is 0.900. The highest BCUT2D eigenvalue weighted by Crippen LogP contribution is 2.19. The van der Waals surface area contributed by atoms with Crippen molar-refractivity contribution in [1.29, 1.82) is 0 Å². The van der Waals surface area contributed by atoms with E-state index in [1.165, 1.54) is 4.90 Å². The van der Waals surface area contributed by atoms with Gasteiger partial charge in [-0.25, -0.2) is 4.79 Å². The molecule has 0 saturated carbocycles. The van der Waals surface area contributed by atoms with E-state index in [9.17, 15) is 4.79 Å². The molecule has 0 spiro atoms. The predicted molar refractivity (Wildman–Crippen MR) is 56.4 cm³/mol. The van der Waals surface area contributed by atoms with Crippen LogP contribution in [0, 0.1) is 0 Å². The van der Waals surface area contributed by atoms with Gasteiger partial charge in [-0.1, -0.05) is 0 Å². The Kier molecular flexibility index (Phi) is 3.57. The van der Waals surface area contributed by atoms with Crippen molar-refractivity contribution in [3.63, 3.8) is 0 Å². The van der Waals surface area contributed by atoms with Gasteiger partial charge < -0.3 is 20.5 Å². The number of carbonyl (C=O) groups is 1. The fourth-order valence-corrected chi connectivity index (χ4v) is 1.66. The van der Waals surface area contributed by atoms with E-state index in [1.807, 2.05) is 20.8 Å². The zero-order chi connectivity index (χ0) is 11.6. The van der Waals surface area contributed by atoms with E-state index in [1.54, 1.807) is 0 Å². The molecule has 0 radical (unpaired) electrons. The molecule has 1 rings (SSSR count). The SMILES string of the molecule is CC(C)(C)OC(=O)N1CCC(N)C1CO. The average Bonchev–Trinajstić information content (AvgIpc) is 2.43. The molecule has 88 valence electrons. The number of carbonyl (C=O) groups excluding carboxylic acids is 1. The summed E-state index contributed by atoms with van der Waals surface area (Å²) < 4.78 is 5.22. The van der Waals surface area contributed by atoms with Crippen LogP contribution in [0.2, 0.25) is 0 Å². The van der Waals surface area contributed by atoms with Gasteiger partial charge in [-0.3, -0.25) is 0 Å². The van der Waals surface area contributed by atoms with Gasteiger partial charge in [0.1, 0.15) is 5.60 Å². The molecular weight excluding hydrogens is 196 g/mol. The summed E-state index contributed by atoms with van der Waals surface area (Å²) in [5.41, 5.74) is 5.26. The molecule has 1 amide bonds. The predicted octanol–water partition coefficient (Wildman–Crippen LogP) is 0.315. The van der Waals surface area contributed by atoms with Crippen LogP contribution in [0.1, 0.15) is 27.2 Å². The molecule has 5 nitrogen and oxygen atoms in total. The number of likely N-dealkylation sites (tertiary alicyclic amines) is 1. The van der Waals surface area contributed by atoms with Crippen LogP contribution < -0.4 is 5.73 Å². The number of amides is 1. The van der Waals surface area contributed by atoms with Gasteiger partial charge in [0, 0.05) is 12.6 Å². The quantitative estimate of drug-likeness (QED) is 0.661. The summed E-state index contributed by atoms with van der Waals surface area (Å²) in [6.07, 6.45) is 0.319. The first kappa shape index (κ1) is 12.3. The Labute approximate surface area is 90.2 Å². The lowest BCUT2D eigenvalue weighted by molar-refractivity contribution is 0.0166. The Hall–Kier alpha value is -0.810. The van der Waals surface area contributed by atoms with Gasteiger partial charge in [-0.15, -0.1) is 0 Å². The minimum atomic E-state index is -0.510. The monoisotopic (exact) mass is 216 g/mol. The van der Waals surface area contributed by atoms with Gasteiger partial charge in [-0.05, 0) is 27.2 Å². The highest BCUT2D eigenvalue weighted by molar-refractivity contribution is 5.69. The number of hydrogen-bond donors (Lipinski definition) is 2. The molecule has 0 bridgehead atoms. The maximum atomic E-state index is 11.7. The Morgan fingerprint density at radius 3 is 2.67 bits per heavy atom. The Morgan fingerprint density at radius 1 is 1.60 bits per heavy atom. The maximum absolute atomic E-state index is 11.7. The third-order valence-corrected chi connectivity index (χ3v) is 2.41. The second-order valence-electron chi connectivity index (χ2n) is 4.88. The van der Waals surface area contributed by atoms with Crippen molar-refractivity contribution < 1.29 is 14.6 Å². The van der Waals surface area contributed by atoms with E-state index < -0.39 is 11.7 Å². The lowest BCUT2D eigenvalue weighted by Crippen LogP contribution is -2.46. The lowest BCUT2D eigenvalue weighted by Gasteiger charge is -2.28. The number of aliphatic hydroxyl groups is 1. The molecule has 0 aliphatic carbocycles. The van der Waals surface area contributed by atoms with E-state index in [4.69, 9.17) is 15.6 Å². The van der Waals surface area contributed by atoms with Crippen LogP contribution in [0.3, 0.4) is 0 Å². The van der Waals surface area contributed by atoms with Crippen LogP contribution in [0.5, 0.6) is 0 Å². The maximum Gasteiger partial charge on any atom is 0.410 e. The van der Waals surface area contributed by atoms with Gasteiger partial charge in [0.2, 0.25) is 0 Å². The lowest BCUT2D eigenvalue weighted by atomic mass is 10.1. The van der Waals surface area contributed by atoms with Crippen molar-refractivity contribution in [3.8, 4) is 0 Å². The van der Waals surface area contributed by atoms with E-state index in [0.29, 0.717) is 13.0 Å². The first-order valence-corrected chi connectivity index (χ1v) is 5.21. The van der Waals surface area contributed by atoms with Crippen LogP contribution >= 0.6 is 0 Å². The molecule has 0 aromatic heterocycles. The highest BCUT2D eigenvalue weighted by Gasteiger charge is 2.36. The smallest absolute Gasteiger partial charge is 0.410 e. The summed E-state index contributed by atoms with van der Waals surface area (Å²) in [7, 11) is 0. The van der Waals surface area contributed by atoms with Crippen LogP contribution in [0.25, 0.3) is 0 Å². The Morgan fingerprint density at radius 2 is 2.20 bits per heavy atom. The van der Waals surface area contributed by atoms with Crippen molar-refractivity contribution in [1.82, 2.24) is 4.90 Å². The van der Waals surface area contributed by atoms with E-state index >= 15 is 0 Å². The third-order valence-electron chi connectivity index (χ3n) is 2.41. The fourth-order valence-electron chi connectivity index (χ4n) is 1.66. The normalized spacial score (nSPS) is 26.9. The number of nitrogens with zero attached hydrogens (tertiary/aromatic N) is 1. The van der Waals surface area contributed by atoms with Crippen LogP contribution in [-0.2, 0) is 4.74 Å². The Bertz CT molecular complexity index is 237. The van der Waals surface area contributed by atoms with Gasteiger partial charge in [-0.2, -0.15) is 0 Å². The van der Waals surface area contributed by atoms with E-state index in [0.717, 1.165) is 0 Å². The zero-order valence-corrected chi connectivity index (χ0v) is 9.56. The van der Waals surface area contributed by atoms with Crippen molar-refractivity contribution in [3.05, 3.63) is 0 Å². The third kappa shape index (κ3) is 3.07. The van der Waals surface area contributed by atoms with Crippen LogP contribution in [0.4, 0.5) is 4.79 Å². The average molecular weight is 216 g/mol. The van der Waals surface area contributed by atoms with E-state index in [-0.39, 0.29) is 18.7 Å². The van der Waals surface area contributed by atoms with Crippen molar-refractivity contribution in [2.45, 2.75) is 44.9 Å². The molecular formula is C10H20N2O3. The minimum Gasteiger partial charge on any atom is -0.444 e. The minimum absolute atomic E-state index is 0.111. The molecule has 1 fully saturated rings. The number of nitrogens with two attached hydrogens (primary N) is 1. The summed E-state index contributed by atoms with van der Waals surface area (Å²) in [4.78, 5) is 13.2. The van der Waals surface area contributed by atoms with Crippen molar-refractivity contribution >= 4 is 6.09 Å². The zero-order valence-electron chi connectivity index (χ0n) is 9.56. The molecule has 1 aliphatic heterocycles. The number of aliphatic hydroxyl groups excluding tert-OH is 1. The summed E-state index contributed by atoms with van der Waals surface area (Å²) in [6.45, 7) is 5.89. The molecule has 1 heterocycles. The Balaban J connectivity index is 2.60. The summed E-state index contributed by atoms with van der Waals surface area (Å²) >= 11 is 0. The van der Waals surface area contributed by atoms with Gasteiger partial charge in [0.25, 0.3) is 0 Å². The second-order valence-corrected chi connectivity index (χ2v) is 4.88. The van der Waals surface area contributed by atoms with Gasteiger partial charge in [0.15, 0.2) is 0 Å². The molecule has 1 aliphatic rings. The van der Waals surface area contributed by atoms with Gasteiger partial charge in [0.05, 0.1) is 12.6 Å². The summed E-state index contributed by atoms with van der Waals surface area (Å²) in [5.74, 6) is 0. The summed E-state index contributed by atoms with van der Waals surface area (Å²) in [5, 5.41) is 9.12. The van der Waals surface area contributed by atoms with Crippen LogP contribution in [0.15, 0.2) is 0 Å². The topological polar surface area (TPSA) is 75.8 Å². The number of rotatable bonds is 1. The molecule has 15 heavy (non-hydrogen) atoms. The first-order chi connectivity index (χ1) is 6.85.